The second kappa shape index (κ2) is 5.70. The van der Waals surface area contributed by atoms with Gasteiger partial charge in [-0.2, -0.15) is 23.7 Å². The summed E-state index contributed by atoms with van der Waals surface area (Å²) in [6.07, 6.45) is -5.01. The Bertz CT molecular complexity index is 930. The Labute approximate surface area is 134 Å². The highest BCUT2D eigenvalue weighted by atomic mass is 19.4. The minimum atomic E-state index is -5.01. The van der Waals surface area contributed by atoms with Crippen molar-refractivity contribution in [3.63, 3.8) is 0 Å². The van der Waals surface area contributed by atoms with Gasteiger partial charge in [-0.05, 0) is 24.1 Å². The van der Waals surface area contributed by atoms with Crippen molar-refractivity contribution >= 4 is 5.69 Å². The second-order valence-electron chi connectivity index (χ2n) is 4.99. The smallest absolute Gasteiger partial charge is 0.326 e. The van der Waals surface area contributed by atoms with Crippen molar-refractivity contribution in [2.24, 2.45) is 7.05 Å². The first-order valence-electron chi connectivity index (χ1n) is 6.49. The minimum Gasteiger partial charge on any atom is -0.326 e. The first-order chi connectivity index (χ1) is 11.1. The average Bonchev–Trinajstić information content (AvgIpc) is 2.80. The lowest BCUT2D eigenvalue weighted by Gasteiger charge is -2.07. The molecule has 0 saturated heterocycles. The standard InChI is InChI=1S/C15H9F3N4O2/c1-8-3-4-9(5-10(8)6-19)12-11(7-20)21(2)14(15(16,17)18)13(12)22(23)24/h3-5H,1-2H3. The molecule has 1 aromatic heterocycles. The number of hydrogen-bond donors (Lipinski definition) is 0. The molecule has 0 amide bonds. The number of halogens is 3. The normalized spacial score (nSPS) is 11.0. The first-order valence-corrected chi connectivity index (χ1v) is 6.49. The Morgan fingerprint density at radius 3 is 2.33 bits per heavy atom. The van der Waals surface area contributed by atoms with Gasteiger partial charge in [0.25, 0.3) is 0 Å². The summed E-state index contributed by atoms with van der Waals surface area (Å²) in [5.41, 5.74) is -2.94. The van der Waals surface area contributed by atoms with E-state index < -0.39 is 33.7 Å². The number of aryl methyl sites for hydroxylation is 1. The molecule has 0 N–H and O–H groups in total. The van der Waals surface area contributed by atoms with Gasteiger partial charge in [0.1, 0.15) is 11.8 Å². The van der Waals surface area contributed by atoms with E-state index in [9.17, 15) is 28.5 Å². The molecule has 9 heteroatoms. The lowest BCUT2D eigenvalue weighted by Crippen LogP contribution is -2.13. The Kier molecular flexibility index (Phi) is 4.05. The molecule has 0 aliphatic carbocycles. The van der Waals surface area contributed by atoms with Crippen LogP contribution in [0.4, 0.5) is 18.9 Å². The first kappa shape index (κ1) is 17.0. The third kappa shape index (κ3) is 2.57. The molecular formula is C15H9F3N4O2. The molecule has 0 unspecified atom stereocenters. The summed E-state index contributed by atoms with van der Waals surface area (Å²) in [6, 6.07) is 7.48. The molecule has 0 aliphatic heterocycles. The second-order valence-corrected chi connectivity index (χ2v) is 4.99. The summed E-state index contributed by atoms with van der Waals surface area (Å²) in [5, 5.41) is 29.5. The predicted molar refractivity (Wildman–Crippen MR) is 76.7 cm³/mol. The molecule has 0 saturated carbocycles. The maximum absolute atomic E-state index is 13.2. The molecule has 0 atom stereocenters. The molecule has 0 aliphatic rings. The highest BCUT2D eigenvalue weighted by Crippen LogP contribution is 2.45. The van der Waals surface area contributed by atoms with Crippen LogP contribution < -0.4 is 0 Å². The van der Waals surface area contributed by atoms with Crippen LogP contribution in [0.1, 0.15) is 22.5 Å². The molecule has 2 aromatic rings. The average molecular weight is 334 g/mol. The van der Waals surface area contributed by atoms with E-state index in [1.54, 1.807) is 13.0 Å². The van der Waals surface area contributed by atoms with Crippen LogP contribution in [0.2, 0.25) is 0 Å². The molecule has 0 fully saturated rings. The number of alkyl halides is 3. The molecular weight excluding hydrogens is 325 g/mol. The molecule has 6 nitrogen and oxygen atoms in total. The van der Waals surface area contributed by atoms with Gasteiger partial charge in [0, 0.05) is 7.05 Å². The number of nitro groups is 1. The van der Waals surface area contributed by atoms with Gasteiger partial charge < -0.3 is 4.57 Å². The van der Waals surface area contributed by atoms with Gasteiger partial charge >= 0.3 is 11.9 Å². The van der Waals surface area contributed by atoms with Crippen LogP contribution in [-0.4, -0.2) is 9.49 Å². The van der Waals surface area contributed by atoms with Crippen molar-refractivity contribution < 1.29 is 18.1 Å². The summed E-state index contributed by atoms with van der Waals surface area (Å²) in [7, 11) is 0.942. The Morgan fingerprint density at radius 2 is 1.88 bits per heavy atom. The van der Waals surface area contributed by atoms with Crippen molar-refractivity contribution in [3.05, 3.63) is 50.8 Å². The molecule has 2 rings (SSSR count). The summed E-state index contributed by atoms with van der Waals surface area (Å²) < 4.78 is 40.2. The molecule has 1 aromatic carbocycles. The molecule has 0 spiro atoms. The van der Waals surface area contributed by atoms with Crippen LogP contribution in [0.15, 0.2) is 18.2 Å². The Hall–Kier alpha value is -3.33. The molecule has 0 bridgehead atoms. The van der Waals surface area contributed by atoms with E-state index >= 15 is 0 Å². The summed E-state index contributed by atoms with van der Waals surface area (Å²) in [5.74, 6) is 0. The Balaban J connectivity index is 2.97. The third-order valence-corrected chi connectivity index (χ3v) is 3.57. The fourth-order valence-corrected chi connectivity index (χ4v) is 2.47. The van der Waals surface area contributed by atoms with Crippen molar-refractivity contribution in [2.75, 3.05) is 0 Å². The van der Waals surface area contributed by atoms with Crippen molar-refractivity contribution in [1.29, 1.82) is 10.5 Å². The number of aromatic nitrogens is 1. The SMILES string of the molecule is Cc1ccc(-c2c([N+](=O)[O-])c(C(F)(F)F)n(C)c2C#N)cc1C#N. The molecule has 0 radical (unpaired) electrons. The highest BCUT2D eigenvalue weighted by Gasteiger charge is 2.46. The largest absolute Gasteiger partial charge is 0.438 e. The fourth-order valence-electron chi connectivity index (χ4n) is 2.47. The minimum absolute atomic E-state index is 0.00602. The monoisotopic (exact) mass is 334 g/mol. The summed E-state index contributed by atoms with van der Waals surface area (Å²) in [4.78, 5) is 10.1. The van der Waals surface area contributed by atoms with E-state index in [0.717, 1.165) is 7.05 Å². The topological polar surface area (TPSA) is 95.7 Å². The molecule has 1 heterocycles. The number of benzene rings is 1. The van der Waals surface area contributed by atoms with Crippen LogP contribution in [0.3, 0.4) is 0 Å². The lowest BCUT2D eigenvalue weighted by molar-refractivity contribution is -0.387. The fraction of sp³-hybridized carbons (Fsp3) is 0.200. The number of nitriles is 2. The van der Waals surface area contributed by atoms with Crippen LogP contribution in [0.5, 0.6) is 0 Å². The van der Waals surface area contributed by atoms with E-state index in [0.29, 0.717) is 10.1 Å². The van der Waals surface area contributed by atoms with Crippen LogP contribution in [-0.2, 0) is 13.2 Å². The van der Waals surface area contributed by atoms with Gasteiger partial charge in [-0.1, -0.05) is 12.1 Å². The maximum atomic E-state index is 13.2. The number of hydrogen-bond acceptors (Lipinski definition) is 4. The highest BCUT2D eigenvalue weighted by molar-refractivity contribution is 5.82. The van der Waals surface area contributed by atoms with E-state index in [4.69, 9.17) is 5.26 Å². The van der Waals surface area contributed by atoms with Crippen LogP contribution >= 0.6 is 0 Å². The number of rotatable bonds is 2. The zero-order valence-electron chi connectivity index (χ0n) is 12.5. The predicted octanol–water partition coefficient (Wildman–Crippen LogP) is 3.67. The van der Waals surface area contributed by atoms with Gasteiger partial charge in [0.15, 0.2) is 0 Å². The lowest BCUT2D eigenvalue weighted by atomic mass is 9.99. The van der Waals surface area contributed by atoms with Crippen molar-refractivity contribution in [3.8, 4) is 23.3 Å². The quantitative estimate of drug-likeness (QED) is 0.618. The van der Waals surface area contributed by atoms with Gasteiger partial charge in [-0.3, -0.25) is 10.1 Å². The zero-order valence-corrected chi connectivity index (χ0v) is 12.5. The summed E-state index contributed by atoms with van der Waals surface area (Å²) >= 11 is 0. The van der Waals surface area contributed by atoms with Crippen molar-refractivity contribution in [2.45, 2.75) is 13.1 Å². The molecule has 122 valence electrons. The number of nitrogens with zero attached hydrogens (tertiary/aromatic N) is 4. The van der Waals surface area contributed by atoms with E-state index in [2.05, 4.69) is 0 Å². The van der Waals surface area contributed by atoms with Gasteiger partial charge in [0.05, 0.1) is 22.1 Å². The summed E-state index contributed by atoms with van der Waals surface area (Å²) in [6.45, 7) is 1.62. The van der Waals surface area contributed by atoms with Crippen LogP contribution in [0.25, 0.3) is 11.1 Å². The van der Waals surface area contributed by atoms with Crippen LogP contribution in [0, 0.1) is 39.7 Å². The Morgan fingerprint density at radius 1 is 1.25 bits per heavy atom. The van der Waals surface area contributed by atoms with E-state index in [1.165, 1.54) is 18.2 Å². The van der Waals surface area contributed by atoms with E-state index in [-0.39, 0.29) is 11.1 Å². The van der Waals surface area contributed by atoms with Crippen molar-refractivity contribution in [1.82, 2.24) is 4.57 Å². The maximum Gasteiger partial charge on any atom is 0.438 e. The molecule has 24 heavy (non-hydrogen) atoms. The van der Waals surface area contributed by atoms with E-state index in [1.807, 2.05) is 6.07 Å². The third-order valence-electron chi connectivity index (χ3n) is 3.57. The van der Waals surface area contributed by atoms with Gasteiger partial charge in [0.2, 0.25) is 5.69 Å². The van der Waals surface area contributed by atoms with Gasteiger partial charge in [-0.15, -0.1) is 0 Å². The van der Waals surface area contributed by atoms with Gasteiger partial charge in [-0.25, -0.2) is 0 Å². The zero-order chi connectivity index (χ0) is 18.2.